The minimum absolute atomic E-state index is 0.377. The summed E-state index contributed by atoms with van der Waals surface area (Å²) < 4.78 is 5.89. The zero-order valence-corrected chi connectivity index (χ0v) is 14.3. The topological polar surface area (TPSA) is 21.3 Å². The highest BCUT2D eigenvalue weighted by Gasteiger charge is 2.38. The maximum Gasteiger partial charge on any atom is 0.124 e. The van der Waals surface area contributed by atoms with E-state index in [-0.39, 0.29) is 0 Å². The molecule has 2 heteroatoms. The van der Waals surface area contributed by atoms with Gasteiger partial charge in [-0.15, -0.1) is 0 Å². The lowest BCUT2D eigenvalue weighted by Gasteiger charge is -2.43. The van der Waals surface area contributed by atoms with Gasteiger partial charge in [0.15, 0.2) is 0 Å². The van der Waals surface area contributed by atoms with Gasteiger partial charge < -0.3 is 10.1 Å². The van der Waals surface area contributed by atoms with Crippen molar-refractivity contribution >= 4 is 0 Å². The lowest BCUT2D eigenvalue weighted by molar-refractivity contribution is 0.0999. The second-order valence-electron chi connectivity index (χ2n) is 7.08. The quantitative estimate of drug-likeness (QED) is 0.835. The molecule has 0 saturated heterocycles. The maximum absolute atomic E-state index is 5.89. The third kappa shape index (κ3) is 3.60. The van der Waals surface area contributed by atoms with Crippen molar-refractivity contribution in [3.8, 4) is 5.75 Å². The van der Waals surface area contributed by atoms with Gasteiger partial charge in [0.1, 0.15) is 5.75 Å². The Labute approximate surface area is 130 Å². The molecule has 1 aliphatic rings. The van der Waals surface area contributed by atoms with Crippen LogP contribution in [0.15, 0.2) is 18.2 Å². The minimum atomic E-state index is 0.377. The normalized spacial score (nSPS) is 22.8. The molecule has 1 aromatic carbocycles. The first-order chi connectivity index (χ1) is 9.99. The summed E-state index contributed by atoms with van der Waals surface area (Å²) in [7, 11) is 2.09. The van der Waals surface area contributed by atoms with Gasteiger partial charge in [-0.2, -0.15) is 0 Å². The van der Waals surface area contributed by atoms with Crippen molar-refractivity contribution in [2.24, 2.45) is 11.3 Å². The predicted octanol–water partition coefficient (Wildman–Crippen LogP) is 4.87. The van der Waals surface area contributed by atoms with Crippen LogP contribution in [0.1, 0.15) is 63.6 Å². The maximum atomic E-state index is 5.89. The van der Waals surface area contributed by atoms with Gasteiger partial charge in [0.25, 0.3) is 0 Å². The van der Waals surface area contributed by atoms with E-state index in [4.69, 9.17) is 4.74 Å². The molecule has 0 bridgehead atoms. The van der Waals surface area contributed by atoms with Crippen molar-refractivity contribution in [1.29, 1.82) is 0 Å². The van der Waals surface area contributed by atoms with Crippen LogP contribution < -0.4 is 10.1 Å². The number of benzene rings is 1. The Morgan fingerprint density at radius 3 is 2.71 bits per heavy atom. The predicted molar refractivity (Wildman–Crippen MR) is 89.9 cm³/mol. The Balaban J connectivity index is 2.38. The Bertz CT molecular complexity index is 467. The molecule has 1 saturated carbocycles. The van der Waals surface area contributed by atoms with Gasteiger partial charge in [-0.25, -0.2) is 0 Å². The molecule has 0 aliphatic heterocycles. The molecule has 1 N–H and O–H groups in total. The largest absolute Gasteiger partial charge is 0.494 e. The SMILES string of the molecule is CCOc1ccc(C)cc1C(NC)C1CCCCC1(C)C. The van der Waals surface area contributed by atoms with Gasteiger partial charge in [-0.05, 0) is 51.1 Å². The summed E-state index contributed by atoms with van der Waals surface area (Å²) >= 11 is 0. The standard InChI is InChI=1S/C19H31NO/c1-6-21-17-11-10-14(2)13-15(17)18(20-5)16-9-7-8-12-19(16,3)4/h10-11,13,16,18,20H,6-9,12H2,1-5H3. The van der Waals surface area contributed by atoms with E-state index >= 15 is 0 Å². The van der Waals surface area contributed by atoms with Crippen LogP contribution in [-0.2, 0) is 0 Å². The van der Waals surface area contributed by atoms with Crippen molar-refractivity contribution in [2.75, 3.05) is 13.7 Å². The highest BCUT2D eigenvalue weighted by molar-refractivity contribution is 5.40. The van der Waals surface area contributed by atoms with Crippen LogP contribution in [0, 0.1) is 18.3 Å². The molecule has 1 fully saturated rings. The van der Waals surface area contributed by atoms with Crippen LogP contribution in [0.2, 0.25) is 0 Å². The summed E-state index contributed by atoms with van der Waals surface area (Å²) in [4.78, 5) is 0. The van der Waals surface area contributed by atoms with Crippen molar-refractivity contribution in [3.63, 3.8) is 0 Å². The fourth-order valence-electron chi connectivity index (χ4n) is 3.91. The molecule has 0 spiro atoms. The Morgan fingerprint density at radius 1 is 1.33 bits per heavy atom. The summed E-state index contributed by atoms with van der Waals surface area (Å²) in [6.07, 6.45) is 5.35. The summed E-state index contributed by atoms with van der Waals surface area (Å²) in [5, 5.41) is 3.59. The van der Waals surface area contributed by atoms with E-state index < -0.39 is 0 Å². The van der Waals surface area contributed by atoms with E-state index in [2.05, 4.69) is 58.3 Å². The number of aryl methyl sites for hydroxylation is 1. The number of hydrogen-bond acceptors (Lipinski definition) is 2. The van der Waals surface area contributed by atoms with E-state index in [0.29, 0.717) is 17.4 Å². The molecule has 1 aromatic rings. The summed E-state index contributed by atoms with van der Waals surface area (Å²) in [6.45, 7) is 9.80. The van der Waals surface area contributed by atoms with Gasteiger partial charge in [-0.3, -0.25) is 0 Å². The molecule has 0 aromatic heterocycles. The Kier molecular flexibility index (Phi) is 5.32. The number of rotatable bonds is 5. The molecule has 2 atom stereocenters. The third-order valence-corrected chi connectivity index (χ3v) is 5.10. The fourth-order valence-corrected chi connectivity index (χ4v) is 3.91. The van der Waals surface area contributed by atoms with Gasteiger partial charge >= 0.3 is 0 Å². The van der Waals surface area contributed by atoms with Crippen molar-refractivity contribution in [1.82, 2.24) is 5.32 Å². The highest BCUT2D eigenvalue weighted by Crippen LogP contribution is 2.48. The van der Waals surface area contributed by atoms with E-state index in [1.807, 2.05) is 0 Å². The number of ether oxygens (including phenoxy) is 1. The fraction of sp³-hybridized carbons (Fsp3) is 0.684. The van der Waals surface area contributed by atoms with Crippen LogP contribution in [0.5, 0.6) is 5.75 Å². The monoisotopic (exact) mass is 289 g/mol. The van der Waals surface area contributed by atoms with E-state index in [1.54, 1.807) is 0 Å². The average Bonchev–Trinajstić information content (AvgIpc) is 2.44. The summed E-state index contributed by atoms with van der Waals surface area (Å²) in [5.74, 6) is 1.71. The second-order valence-corrected chi connectivity index (χ2v) is 7.08. The molecule has 1 aliphatic carbocycles. The van der Waals surface area contributed by atoms with Crippen molar-refractivity contribution in [2.45, 2.75) is 59.4 Å². The van der Waals surface area contributed by atoms with Crippen LogP contribution in [0.3, 0.4) is 0 Å². The average molecular weight is 289 g/mol. The molecule has 0 radical (unpaired) electrons. The van der Waals surface area contributed by atoms with E-state index in [9.17, 15) is 0 Å². The van der Waals surface area contributed by atoms with Crippen LogP contribution in [0.25, 0.3) is 0 Å². The summed E-state index contributed by atoms with van der Waals surface area (Å²) in [5.41, 5.74) is 3.03. The zero-order chi connectivity index (χ0) is 15.5. The lowest BCUT2D eigenvalue weighted by atomic mass is 9.64. The molecule has 0 amide bonds. The van der Waals surface area contributed by atoms with Gasteiger partial charge in [0.2, 0.25) is 0 Å². The van der Waals surface area contributed by atoms with Crippen molar-refractivity contribution < 1.29 is 4.74 Å². The van der Waals surface area contributed by atoms with Gasteiger partial charge in [0, 0.05) is 11.6 Å². The Morgan fingerprint density at radius 2 is 2.10 bits per heavy atom. The number of nitrogens with one attached hydrogen (secondary N) is 1. The molecule has 2 unspecified atom stereocenters. The summed E-state index contributed by atoms with van der Waals surface area (Å²) in [6, 6.07) is 6.96. The third-order valence-electron chi connectivity index (χ3n) is 5.10. The molecular formula is C19H31NO. The van der Waals surface area contributed by atoms with Crippen LogP contribution in [-0.4, -0.2) is 13.7 Å². The second kappa shape index (κ2) is 6.83. The highest BCUT2D eigenvalue weighted by atomic mass is 16.5. The molecule has 21 heavy (non-hydrogen) atoms. The first-order valence-corrected chi connectivity index (χ1v) is 8.40. The molecule has 2 nitrogen and oxygen atoms in total. The Hall–Kier alpha value is -1.02. The number of hydrogen-bond donors (Lipinski definition) is 1. The van der Waals surface area contributed by atoms with Crippen molar-refractivity contribution in [3.05, 3.63) is 29.3 Å². The van der Waals surface area contributed by atoms with E-state index in [1.165, 1.54) is 36.8 Å². The van der Waals surface area contributed by atoms with E-state index in [0.717, 1.165) is 12.4 Å². The smallest absolute Gasteiger partial charge is 0.124 e. The van der Waals surface area contributed by atoms with Gasteiger partial charge in [-0.1, -0.05) is 44.4 Å². The van der Waals surface area contributed by atoms with Gasteiger partial charge in [0.05, 0.1) is 6.61 Å². The molecule has 2 rings (SSSR count). The zero-order valence-electron chi connectivity index (χ0n) is 14.3. The molecule has 118 valence electrons. The molecule has 0 heterocycles. The molecular weight excluding hydrogens is 258 g/mol. The van der Waals surface area contributed by atoms with Crippen LogP contribution in [0.4, 0.5) is 0 Å². The minimum Gasteiger partial charge on any atom is -0.494 e. The lowest BCUT2D eigenvalue weighted by Crippen LogP contribution is -2.38. The first kappa shape index (κ1) is 16.4. The first-order valence-electron chi connectivity index (χ1n) is 8.40. The van der Waals surface area contributed by atoms with Crippen LogP contribution >= 0.6 is 0 Å².